The molecular formula is C15H9FO2. The fourth-order valence-electron chi connectivity index (χ4n) is 1.41. The maximum Gasteiger partial charge on any atom is 0.335 e. The van der Waals surface area contributed by atoms with Crippen LogP contribution in [0.4, 0.5) is 4.39 Å². The predicted molar refractivity (Wildman–Crippen MR) is 65.8 cm³/mol. The average molecular weight is 240 g/mol. The van der Waals surface area contributed by atoms with Gasteiger partial charge in [0.05, 0.1) is 11.1 Å². The van der Waals surface area contributed by atoms with Crippen LogP contribution in [0.25, 0.3) is 0 Å². The van der Waals surface area contributed by atoms with Crippen LogP contribution in [0.5, 0.6) is 0 Å². The van der Waals surface area contributed by atoms with Gasteiger partial charge in [-0.1, -0.05) is 30.0 Å². The lowest BCUT2D eigenvalue weighted by Crippen LogP contribution is -1.97. The summed E-state index contributed by atoms with van der Waals surface area (Å²) in [6.07, 6.45) is 0. The number of hydrogen-bond donors (Lipinski definition) is 1. The van der Waals surface area contributed by atoms with Crippen LogP contribution in [-0.4, -0.2) is 11.1 Å². The van der Waals surface area contributed by atoms with Crippen molar-refractivity contribution in [2.45, 2.75) is 0 Å². The number of rotatable bonds is 1. The van der Waals surface area contributed by atoms with Crippen molar-refractivity contribution < 1.29 is 14.3 Å². The van der Waals surface area contributed by atoms with E-state index in [0.29, 0.717) is 0 Å². The third-order valence-corrected chi connectivity index (χ3v) is 2.33. The van der Waals surface area contributed by atoms with Crippen LogP contribution in [-0.2, 0) is 0 Å². The lowest BCUT2D eigenvalue weighted by molar-refractivity contribution is 0.0696. The van der Waals surface area contributed by atoms with E-state index in [1.807, 2.05) is 30.3 Å². The van der Waals surface area contributed by atoms with E-state index in [0.717, 1.165) is 11.6 Å². The van der Waals surface area contributed by atoms with E-state index in [9.17, 15) is 9.18 Å². The molecule has 0 aliphatic heterocycles. The molecule has 0 amide bonds. The Balaban J connectivity index is 2.31. The summed E-state index contributed by atoms with van der Waals surface area (Å²) in [5.74, 6) is 3.71. The van der Waals surface area contributed by atoms with Gasteiger partial charge in [-0.15, -0.1) is 0 Å². The van der Waals surface area contributed by atoms with Crippen LogP contribution < -0.4 is 0 Å². The molecule has 0 heterocycles. The van der Waals surface area contributed by atoms with Gasteiger partial charge < -0.3 is 5.11 Å². The Bertz CT molecular complexity index is 637. The lowest BCUT2D eigenvalue weighted by Gasteiger charge is -1.97. The van der Waals surface area contributed by atoms with Crippen molar-refractivity contribution in [1.82, 2.24) is 0 Å². The highest BCUT2D eigenvalue weighted by Gasteiger charge is 2.06. The lowest BCUT2D eigenvalue weighted by atomic mass is 10.1. The van der Waals surface area contributed by atoms with Crippen molar-refractivity contribution in [3.05, 3.63) is 71.0 Å². The van der Waals surface area contributed by atoms with Crippen molar-refractivity contribution in [3.63, 3.8) is 0 Å². The molecule has 0 aliphatic rings. The van der Waals surface area contributed by atoms with Gasteiger partial charge in [-0.05, 0) is 30.3 Å². The maximum absolute atomic E-state index is 13.5. The van der Waals surface area contributed by atoms with E-state index in [4.69, 9.17) is 5.11 Å². The second kappa shape index (κ2) is 5.15. The van der Waals surface area contributed by atoms with Crippen molar-refractivity contribution in [1.29, 1.82) is 0 Å². The predicted octanol–water partition coefficient (Wildman–Crippen LogP) is 2.92. The summed E-state index contributed by atoms with van der Waals surface area (Å²) < 4.78 is 13.5. The topological polar surface area (TPSA) is 37.3 Å². The number of halogens is 1. The monoisotopic (exact) mass is 240 g/mol. The summed E-state index contributed by atoms with van der Waals surface area (Å²) >= 11 is 0. The smallest absolute Gasteiger partial charge is 0.335 e. The number of carbonyl (C=O) groups is 1. The molecular weight excluding hydrogens is 231 g/mol. The molecule has 2 aromatic rings. The summed E-state index contributed by atoms with van der Waals surface area (Å²) in [7, 11) is 0. The fourth-order valence-corrected chi connectivity index (χ4v) is 1.41. The molecule has 0 saturated heterocycles. The van der Waals surface area contributed by atoms with Gasteiger partial charge in [0.2, 0.25) is 0 Å². The molecule has 88 valence electrons. The SMILES string of the molecule is O=C(O)c1ccc(C#Cc2ccccc2)c(F)c1. The van der Waals surface area contributed by atoms with Crippen molar-refractivity contribution in [2.75, 3.05) is 0 Å². The van der Waals surface area contributed by atoms with Crippen LogP contribution >= 0.6 is 0 Å². The van der Waals surface area contributed by atoms with Gasteiger partial charge in [-0.25, -0.2) is 9.18 Å². The largest absolute Gasteiger partial charge is 0.478 e. The van der Waals surface area contributed by atoms with Crippen LogP contribution in [0.1, 0.15) is 21.5 Å². The van der Waals surface area contributed by atoms with Crippen LogP contribution in [0.2, 0.25) is 0 Å². The second-order valence-electron chi connectivity index (χ2n) is 3.62. The van der Waals surface area contributed by atoms with Crippen LogP contribution in [0.15, 0.2) is 48.5 Å². The van der Waals surface area contributed by atoms with Gasteiger partial charge >= 0.3 is 5.97 Å². The Labute approximate surface area is 104 Å². The van der Waals surface area contributed by atoms with Gasteiger partial charge in [-0.2, -0.15) is 0 Å². The molecule has 0 fully saturated rings. The summed E-state index contributed by atoms with van der Waals surface area (Å²) in [6.45, 7) is 0. The first-order valence-corrected chi connectivity index (χ1v) is 5.27. The van der Waals surface area contributed by atoms with Crippen molar-refractivity contribution >= 4 is 5.97 Å². The average Bonchev–Trinajstić information content (AvgIpc) is 2.38. The summed E-state index contributed by atoms with van der Waals surface area (Å²) in [6, 6.07) is 12.9. The molecule has 0 unspecified atom stereocenters. The molecule has 2 rings (SSSR count). The van der Waals surface area contributed by atoms with Gasteiger partial charge in [0.15, 0.2) is 0 Å². The van der Waals surface area contributed by atoms with Crippen LogP contribution in [0, 0.1) is 17.7 Å². The van der Waals surface area contributed by atoms with Crippen LogP contribution in [0.3, 0.4) is 0 Å². The molecule has 2 nitrogen and oxygen atoms in total. The van der Waals surface area contributed by atoms with Gasteiger partial charge in [-0.3, -0.25) is 0 Å². The Morgan fingerprint density at radius 3 is 2.39 bits per heavy atom. The minimum absolute atomic E-state index is 0.0854. The Hall–Kier alpha value is -2.60. The van der Waals surface area contributed by atoms with Gasteiger partial charge in [0.25, 0.3) is 0 Å². The zero-order valence-electron chi connectivity index (χ0n) is 9.35. The van der Waals surface area contributed by atoms with E-state index in [1.165, 1.54) is 12.1 Å². The molecule has 0 atom stereocenters. The first-order chi connectivity index (χ1) is 8.66. The van der Waals surface area contributed by atoms with Crippen molar-refractivity contribution in [2.24, 2.45) is 0 Å². The molecule has 0 aromatic heterocycles. The van der Waals surface area contributed by atoms with E-state index in [2.05, 4.69) is 11.8 Å². The molecule has 0 bridgehead atoms. The highest BCUT2D eigenvalue weighted by molar-refractivity contribution is 5.87. The van der Waals surface area contributed by atoms with E-state index in [1.54, 1.807) is 0 Å². The molecule has 0 radical (unpaired) electrons. The highest BCUT2D eigenvalue weighted by Crippen LogP contribution is 2.09. The molecule has 3 heteroatoms. The standard InChI is InChI=1S/C15H9FO2/c16-14-10-13(15(17)18)9-8-12(14)7-6-11-4-2-1-3-5-11/h1-5,8-10H,(H,17,18). The maximum atomic E-state index is 13.5. The third kappa shape index (κ3) is 2.74. The zero-order chi connectivity index (χ0) is 13.0. The van der Waals surface area contributed by atoms with E-state index >= 15 is 0 Å². The first-order valence-electron chi connectivity index (χ1n) is 5.27. The van der Waals surface area contributed by atoms with Gasteiger partial charge in [0, 0.05) is 5.56 Å². The number of benzene rings is 2. The number of carboxylic acids is 1. The first kappa shape index (κ1) is 11.9. The van der Waals surface area contributed by atoms with E-state index in [-0.39, 0.29) is 11.1 Å². The molecule has 0 spiro atoms. The molecule has 0 saturated carbocycles. The second-order valence-corrected chi connectivity index (χ2v) is 3.62. The molecule has 18 heavy (non-hydrogen) atoms. The Morgan fingerprint density at radius 2 is 1.78 bits per heavy atom. The summed E-state index contributed by atoms with van der Waals surface area (Å²) in [5.41, 5.74) is 0.876. The van der Waals surface area contributed by atoms with Crippen molar-refractivity contribution in [3.8, 4) is 11.8 Å². The zero-order valence-corrected chi connectivity index (χ0v) is 9.35. The Morgan fingerprint density at radius 1 is 1.06 bits per heavy atom. The number of aromatic carboxylic acids is 1. The minimum atomic E-state index is -1.16. The normalized spacial score (nSPS) is 9.39. The number of hydrogen-bond acceptors (Lipinski definition) is 1. The molecule has 2 aromatic carbocycles. The van der Waals surface area contributed by atoms with E-state index < -0.39 is 11.8 Å². The highest BCUT2D eigenvalue weighted by atomic mass is 19.1. The minimum Gasteiger partial charge on any atom is -0.478 e. The quantitative estimate of drug-likeness (QED) is 0.778. The fraction of sp³-hybridized carbons (Fsp3) is 0. The van der Waals surface area contributed by atoms with Gasteiger partial charge in [0.1, 0.15) is 5.82 Å². The molecule has 1 N–H and O–H groups in total. The Kier molecular flexibility index (Phi) is 3.40. The third-order valence-electron chi connectivity index (χ3n) is 2.33. The summed E-state index contributed by atoms with van der Waals surface area (Å²) in [4.78, 5) is 10.6. The molecule has 0 aliphatic carbocycles. The summed E-state index contributed by atoms with van der Waals surface area (Å²) in [5, 5.41) is 8.71. The number of carboxylic acid groups (broad SMARTS) is 1.